The first kappa shape index (κ1) is 10.8. The largest absolute Gasteiger partial charge is 0.275 e. The first-order chi connectivity index (χ1) is 5.16. The Morgan fingerprint density at radius 3 is 1.45 bits per heavy atom. The fourth-order valence-corrected chi connectivity index (χ4v) is 0.904. The van der Waals surface area contributed by atoms with Gasteiger partial charge in [-0.3, -0.25) is 21.8 Å². The van der Waals surface area contributed by atoms with E-state index < -0.39 is 5.91 Å². The molecule has 0 aromatic carbocycles. The van der Waals surface area contributed by atoms with Gasteiger partial charge in [-0.2, -0.15) is 0 Å². The van der Waals surface area contributed by atoms with E-state index in [1.807, 2.05) is 0 Å². The Bertz CT molecular complexity index is 92.9. The summed E-state index contributed by atoms with van der Waals surface area (Å²) in [5.74, 6) is 5.00. The van der Waals surface area contributed by atoms with Crippen LogP contribution in [0.2, 0.25) is 0 Å². The van der Waals surface area contributed by atoms with E-state index in [2.05, 4.69) is 21.4 Å². The van der Waals surface area contributed by atoms with Gasteiger partial charge in [0.2, 0.25) is 5.91 Å². The van der Waals surface area contributed by atoms with Crippen LogP contribution in [-0.4, -0.2) is 39.2 Å². The van der Waals surface area contributed by atoms with Gasteiger partial charge in [-0.15, -0.1) is 5.12 Å². The predicted octanol–water partition coefficient (Wildman–Crippen LogP) is -2.43. The monoisotopic (exact) mass is 162 g/mol. The van der Waals surface area contributed by atoms with E-state index >= 15 is 0 Å². The van der Waals surface area contributed by atoms with Gasteiger partial charge in [0, 0.05) is 7.05 Å². The minimum absolute atomic E-state index is 0.616. The lowest BCUT2D eigenvalue weighted by molar-refractivity contribution is -0.0260. The molecule has 0 unspecified atom stereocenters. The van der Waals surface area contributed by atoms with Crippen molar-refractivity contribution in [3.8, 4) is 0 Å². The molecule has 0 fully saturated rings. The topological polar surface area (TPSA) is 77.4 Å². The Kier molecular flexibility index (Phi) is 4.50. The predicted molar refractivity (Wildman–Crippen MR) is 45.0 cm³/mol. The van der Waals surface area contributed by atoms with E-state index in [4.69, 9.17) is 5.84 Å². The van der Waals surface area contributed by atoms with Crippen molar-refractivity contribution < 1.29 is 0 Å². The molecule has 0 radical (unpaired) electrons. The molecule has 0 spiro atoms. The fourth-order valence-electron chi connectivity index (χ4n) is 0.904. The van der Waals surface area contributed by atoms with E-state index in [0.29, 0.717) is 0 Å². The lowest BCUT2D eigenvalue weighted by Gasteiger charge is -2.39. The summed E-state index contributed by atoms with van der Waals surface area (Å²) in [6.07, 6.45) is 0. The first-order valence-corrected chi connectivity index (χ1v) is 3.46. The molecule has 0 saturated heterocycles. The maximum atomic E-state index is 5.62. The highest BCUT2D eigenvalue weighted by Gasteiger charge is 2.28. The second-order valence-electron chi connectivity index (χ2n) is 2.05. The molecule has 11 heavy (non-hydrogen) atoms. The molecule has 0 amide bonds. The van der Waals surface area contributed by atoms with E-state index in [1.165, 1.54) is 5.12 Å². The molecule has 0 rings (SSSR count). The van der Waals surface area contributed by atoms with Crippen LogP contribution in [0.5, 0.6) is 0 Å². The molecule has 68 valence electrons. The average molecular weight is 162 g/mol. The number of nitrogens with zero attached hydrogens (tertiary/aromatic N) is 1. The molecule has 0 aliphatic heterocycles. The maximum Gasteiger partial charge on any atom is 0.209 e. The maximum absolute atomic E-state index is 5.62. The van der Waals surface area contributed by atoms with Crippen LogP contribution in [0.1, 0.15) is 0 Å². The average Bonchev–Trinajstić information content (AvgIpc) is 2.08. The van der Waals surface area contributed by atoms with Crippen LogP contribution in [0.3, 0.4) is 0 Å². The zero-order chi connectivity index (χ0) is 8.91. The number of nitrogens with one attached hydrogen (secondary N) is 4. The second kappa shape index (κ2) is 4.60. The van der Waals surface area contributed by atoms with Crippen molar-refractivity contribution in [2.75, 3.05) is 28.2 Å². The molecule has 0 aromatic heterocycles. The van der Waals surface area contributed by atoms with Crippen LogP contribution in [0.15, 0.2) is 0 Å². The zero-order valence-electron chi connectivity index (χ0n) is 7.52. The van der Waals surface area contributed by atoms with Gasteiger partial charge < -0.3 is 0 Å². The van der Waals surface area contributed by atoms with Gasteiger partial charge in [-0.1, -0.05) is 0 Å². The summed E-state index contributed by atoms with van der Waals surface area (Å²) in [4.78, 5) is 0. The van der Waals surface area contributed by atoms with Crippen molar-refractivity contribution in [2.24, 2.45) is 5.84 Å². The van der Waals surface area contributed by atoms with Crippen LogP contribution < -0.4 is 27.2 Å². The van der Waals surface area contributed by atoms with Gasteiger partial charge in [0.1, 0.15) is 0 Å². The van der Waals surface area contributed by atoms with E-state index in [1.54, 1.807) is 28.2 Å². The van der Waals surface area contributed by atoms with Crippen LogP contribution in [-0.2, 0) is 0 Å². The quantitative estimate of drug-likeness (QED) is 0.176. The number of rotatable bonds is 5. The van der Waals surface area contributed by atoms with Crippen molar-refractivity contribution in [3.63, 3.8) is 0 Å². The van der Waals surface area contributed by atoms with E-state index in [0.717, 1.165) is 0 Å². The van der Waals surface area contributed by atoms with Gasteiger partial charge in [0.15, 0.2) is 0 Å². The minimum atomic E-state index is -0.616. The number of hydrogen-bond donors (Lipinski definition) is 5. The van der Waals surface area contributed by atoms with Crippen molar-refractivity contribution in [1.29, 1.82) is 0 Å². The number of nitrogens with two attached hydrogens (primary N) is 1. The Hall–Kier alpha value is -0.240. The highest BCUT2D eigenvalue weighted by Crippen LogP contribution is 1.91. The van der Waals surface area contributed by atoms with Crippen LogP contribution in [0.4, 0.5) is 0 Å². The lowest BCUT2D eigenvalue weighted by Crippen LogP contribution is -2.77. The fraction of sp³-hybridized carbons (Fsp3) is 1.00. The molecule has 0 aromatic rings. The second-order valence-corrected chi connectivity index (χ2v) is 2.05. The van der Waals surface area contributed by atoms with Crippen molar-refractivity contribution in [3.05, 3.63) is 0 Å². The molecule has 6 heteroatoms. The normalized spacial score (nSPS) is 12.5. The van der Waals surface area contributed by atoms with Gasteiger partial charge in [0.05, 0.1) is 0 Å². The molecular formula is C5H18N6. The van der Waals surface area contributed by atoms with Crippen LogP contribution in [0, 0.1) is 0 Å². The molecule has 0 aliphatic carbocycles. The molecule has 0 bridgehead atoms. The number of hydrogen-bond acceptors (Lipinski definition) is 6. The summed E-state index contributed by atoms with van der Waals surface area (Å²) in [5.41, 5.74) is 2.78. The minimum Gasteiger partial charge on any atom is -0.275 e. The van der Waals surface area contributed by atoms with Gasteiger partial charge >= 0.3 is 0 Å². The highest BCUT2D eigenvalue weighted by molar-refractivity contribution is 4.72. The molecule has 0 aliphatic rings. The summed E-state index contributed by atoms with van der Waals surface area (Å²) >= 11 is 0. The summed E-state index contributed by atoms with van der Waals surface area (Å²) in [6, 6.07) is 0. The standard InChI is InChI=1S/C5H18N6/c1-7-5(8-2,9-3)11(6)10-4/h7-10H,6H2,1-4H3. The summed E-state index contributed by atoms with van der Waals surface area (Å²) in [6.45, 7) is 0. The Labute approximate surface area is 67.4 Å². The SMILES string of the molecule is CNN(N)C(NC)(NC)NC. The van der Waals surface area contributed by atoms with Crippen molar-refractivity contribution >= 4 is 0 Å². The first-order valence-electron chi connectivity index (χ1n) is 3.46. The smallest absolute Gasteiger partial charge is 0.209 e. The zero-order valence-corrected chi connectivity index (χ0v) is 7.52. The van der Waals surface area contributed by atoms with E-state index in [9.17, 15) is 0 Å². The molecule has 6 nitrogen and oxygen atoms in total. The highest BCUT2D eigenvalue weighted by atomic mass is 15.8. The molecule has 0 heterocycles. The van der Waals surface area contributed by atoms with Crippen LogP contribution >= 0.6 is 0 Å². The molecular weight excluding hydrogens is 144 g/mol. The van der Waals surface area contributed by atoms with Gasteiger partial charge in [0.25, 0.3) is 0 Å². The van der Waals surface area contributed by atoms with Crippen LogP contribution in [0.25, 0.3) is 0 Å². The molecule has 6 N–H and O–H groups in total. The molecule has 0 atom stereocenters. The third-order valence-electron chi connectivity index (χ3n) is 1.69. The third-order valence-corrected chi connectivity index (χ3v) is 1.69. The van der Waals surface area contributed by atoms with Crippen molar-refractivity contribution in [1.82, 2.24) is 26.5 Å². The Balaban J connectivity index is 4.26. The third kappa shape index (κ3) is 2.09. The summed E-state index contributed by atoms with van der Waals surface area (Å²) in [5, 5.41) is 10.3. The summed E-state index contributed by atoms with van der Waals surface area (Å²) < 4.78 is 0. The lowest BCUT2D eigenvalue weighted by atomic mass is 10.6. The Morgan fingerprint density at radius 2 is 1.36 bits per heavy atom. The Morgan fingerprint density at radius 1 is 1.00 bits per heavy atom. The summed E-state index contributed by atoms with van der Waals surface area (Å²) in [7, 11) is 7.12. The van der Waals surface area contributed by atoms with Gasteiger partial charge in [-0.25, -0.2) is 5.43 Å². The molecule has 0 saturated carbocycles. The van der Waals surface area contributed by atoms with Crippen molar-refractivity contribution in [2.45, 2.75) is 5.91 Å². The van der Waals surface area contributed by atoms with Gasteiger partial charge in [-0.05, 0) is 21.1 Å². The van der Waals surface area contributed by atoms with E-state index in [-0.39, 0.29) is 0 Å². The number of hydrazine groups is 2.